The molecule has 19 heavy (non-hydrogen) atoms. The third kappa shape index (κ3) is 3.75. The number of carbonyl (C=O) groups excluding carboxylic acids is 1. The van der Waals surface area contributed by atoms with Gasteiger partial charge in [0.05, 0.1) is 6.54 Å². The van der Waals surface area contributed by atoms with Crippen LogP contribution in [0.4, 0.5) is 9.93 Å². The van der Waals surface area contributed by atoms with Gasteiger partial charge in [-0.2, -0.15) is 4.98 Å². The zero-order chi connectivity index (χ0) is 13.8. The van der Waals surface area contributed by atoms with E-state index in [1.807, 2.05) is 0 Å². The molecule has 2 amide bonds. The third-order valence-electron chi connectivity index (χ3n) is 2.28. The highest BCUT2D eigenvalue weighted by molar-refractivity contribution is 7.15. The summed E-state index contributed by atoms with van der Waals surface area (Å²) in [6.07, 6.45) is 1.77. The maximum atomic E-state index is 11.6. The van der Waals surface area contributed by atoms with Crippen LogP contribution < -0.4 is 10.6 Å². The molecule has 0 aliphatic rings. The first-order chi connectivity index (χ1) is 9.04. The van der Waals surface area contributed by atoms with Crippen molar-refractivity contribution in [2.45, 2.75) is 33.2 Å². The summed E-state index contributed by atoms with van der Waals surface area (Å²) in [5.74, 6) is 1.31. The first-order valence-corrected chi connectivity index (χ1v) is 6.66. The Bertz CT molecular complexity index is 563. The zero-order valence-electron chi connectivity index (χ0n) is 10.9. The number of thiazole rings is 1. The fourth-order valence-corrected chi connectivity index (χ4v) is 2.13. The maximum absolute atomic E-state index is 11.6. The molecule has 0 bridgehead atoms. The van der Waals surface area contributed by atoms with Crippen LogP contribution in [-0.4, -0.2) is 21.2 Å². The summed E-state index contributed by atoms with van der Waals surface area (Å²) >= 11 is 1.46. The summed E-state index contributed by atoms with van der Waals surface area (Å²) < 4.78 is 4.88. The second kappa shape index (κ2) is 5.79. The average molecular weight is 281 g/mol. The molecule has 0 saturated heterocycles. The Labute approximate surface area is 114 Å². The van der Waals surface area contributed by atoms with Crippen LogP contribution in [0.5, 0.6) is 0 Å². The lowest BCUT2D eigenvalue weighted by Gasteiger charge is -2.02. The highest BCUT2D eigenvalue weighted by Gasteiger charge is 2.09. The van der Waals surface area contributed by atoms with E-state index in [1.165, 1.54) is 11.3 Å². The molecule has 0 spiro atoms. The monoisotopic (exact) mass is 281 g/mol. The van der Waals surface area contributed by atoms with E-state index in [0.717, 1.165) is 4.88 Å². The number of hydrogen-bond acceptors (Lipinski definition) is 6. The molecule has 0 aliphatic carbocycles. The lowest BCUT2D eigenvalue weighted by Crippen LogP contribution is -2.28. The van der Waals surface area contributed by atoms with Crippen LogP contribution in [-0.2, 0) is 6.54 Å². The number of anilines is 1. The van der Waals surface area contributed by atoms with Gasteiger partial charge < -0.3 is 9.84 Å². The maximum Gasteiger partial charge on any atom is 0.321 e. The molecule has 0 radical (unpaired) electrons. The highest BCUT2D eigenvalue weighted by Crippen LogP contribution is 2.24. The lowest BCUT2D eigenvalue weighted by atomic mass is 10.2. The van der Waals surface area contributed by atoms with Crippen molar-refractivity contribution in [2.24, 2.45) is 0 Å². The smallest absolute Gasteiger partial charge is 0.321 e. The van der Waals surface area contributed by atoms with E-state index in [0.29, 0.717) is 22.8 Å². The van der Waals surface area contributed by atoms with Gasteiger partial charge in [0.15, 0.2) is 11.0 Å². The van der Waals surface area contributed by atoms with E-state index in [9.17, 15) is 4.79 Å². The molecular weight excluding hydrogens is 266 g/mol. The second-order valence-corrected chi connectivity index (χ2v) is 5.33. The van der Waals surface area contributed by atoms with Crippen molar-refractivity contribution >= 4 is 22.5 Å². The standard InChI is InChI=1S/C11H15N5O2S/c1-6(2)8-4-13-11(19-8)15-10(17)12-5-9-14-7(3)16-18-9/h4,6H,5H2,1-3H3,(H2,12,13,15,17). The summed E-state index contributed by atoms with van der Waals surface area (Å²) in [7, 11) is 0. The van der Waals surface area contributed by atoms with Gasteiger partial charge in [-0.3, -0.25) is 5.32 Å². The van der Waals surface area contributed by atoms with Crippen molar-refractivity contribution in [3.05, 3.63) is 22.8 Å². The van der Waals surface area contributed by atoms with Crippen molar-refractivity contribution in [1.29, 1.82) is 0 Å². The molecule has 0 aliphatic heterocycles. The number of aryl methyl sites for hydroxylation is 1. The van der Waals surface area contributed by atoms with Gasteiger partial charge in [0, 0.05) is 11.1 Å². The van der Waals surface area contributed by atoms with Gasteiger partial charge in [0.2, 0.25) is 5.89 Å². The van der Waals surface area contributed by atoms with Gasteiger partial charge in [-0.05, 0) is 12.8 Å². The fourth-order valence-electron chi connectivity index (χ4n) is 1.32. The molecule has 8 heteroatoms. The first-order valence-electron chi connectivity index (χ1n) is 5.84. The van der Waals surface area contributed by atoms with E-state index < -0.39 is 0 Å². The van der Waals surface area contributed by atoms with Gasteiger partial charge >= 0.3 is 6.03 Å². The van der Waals surface area contributed by atoms with Crippen LogP contribution in [0.1, 0.15) is 36.4 Å². The Morgan fingerprint density at radius 1 is 1.53 bits per heavy atom. The Balaban J connectivity index is 1.83. The van der Waals surface area contributed by atoms with Crippen LogP contribution in [0.2, 0.25) is 0 Å². The van der Waals surface area contributed by atoms with E-state index in [4.69, 9.17) is 4.52 Å². The van der Waals surface area contributed by atoms with Crippen LogP contribution in [0.25, 0.3) is 0 Å². The molecule has 2 aromatic rings. The van der Waals surface area contributed by atoms with E-state index in [1.54, 1.807) is 13.1 Å². The summed E-state index contributed by atoms with van der Waals surface area (Å²) in [5.41, 5.74) is 0. The average Bonchev–Trinajstić information content (AvgIpc) is 2.96. The van der Waals surface area contributed by atoms with Crippen LogP contribution in [0.3, 0.4) is 0 Å². The van der Waals surface area contributed by atoms with Crippen molar-refractivity contribution in [3.8, 4) is 0 Å². The lowest BCUT2D eigenvalue weighted by molar-refractivity contribution is 0.249. The van der Waals surface area contributed by atoms with Crippen molar-refractivity contribution in [1.82, 2.24) is 20.4 Å². The number of rotatable bonds is 4. The first kappa shape index (κ1) is 13.5. The molecule has 102 valence electrons. The minimum absolute atomic E-state index is 0.190. The van der Waals surface area contributed by atoms with Gasteiger partial charge in [-0.1, -0.05) is 19.0 Å². The number of carbonyl (C=O) groups is 1. The highest BCUT2D eigenvalue weighted by atomic mass is 32.1. The second-order valence-electron chi connectivity index (χ2n) is 4.27. The molecule has 2 aromatic heterocycles. The zero-order valence-corrected chi connectivity index (χ0v) is 11.7. The normalized spacial score (nSPS) is 10.7. The van der Waals surface area contributed by atoms with Gasteiger partial charge in [-0.15, -0.1) is 11.3 Å². The largest absolute Gasteiger partial charge is 0.337 e. The number of nitrogens with zero attached hydrogens (tertiary/aromatic N) is 3. The van der Waals surface area contributed by atoms with Gasteiger partial charge in [0.1, 0.15) is 0 Å². The van der Waals surface area contributed by atoms with E-state index >= 15 is 0 Å². The predicted molar refractivity (Wildman–Crippen MR) is 71.1 cm³/mol. The summed E-state index contributed by atoms with van der Waals surface area (Å²) in [5, 5.41) is 9.49. The summed E-state index contributed by atoms with van der Waals surface area (Å²) in [6.45, 7) is 6.07. The molecule has 7 nitrogen and oxygen atoms in total. The minimum atomic E-state index is -0.347. The molecule has 0 unspecified atom stereocenters. The Morgan fingerprint density at radius 3 is 2.89 bits per heavy atom. The fraction of sp³-hybridized carbons (Fsp3) is 0.455. The number of nitrogens with one attached hydrogen (secondary N) is 2. The minimum Gasteiger partial charge on any atom is -0.337 e. The number of aromatic nitrogens is 3. The van der Waals surface area contributed by atoms with E-state index in [-0.39, 0.29) is 12.6 Å². The topological polar surface area (TPSA) is 92.9 Å². The molecule has 2 heterocycles. The van der Waals surface area contributed by atoms with E-state index in [2.05, 4.69) is 39.6 Å². The number of urea groups is 1. The summed E-state index contributed by atoms with van der Waals surface area (Å²) in [4.78, 5) is 20.9. The van der Waals surface area contributed by atoms with Gasteiger partial charge in [-0.25, -0.2) is 9.78 Å². The molecule has 0 saturated carbocycles. The predicted octanol–water partition coefficient (Wildman–Crippen LogP) is 2.28. The van der Waals surface area contributed by atoms with Crippen LogP contribution in [0, 0.1) is 6.92 Å². The van der Waals surface area contributed by atoms with Crippen molar-refractivity contribution < 1.29 is 9.32 Å². The number of hydrogen-bond donors (Lipinski definition) is 2. The molecule has 0 aromatic carbocycles. The Kier molecular flexibility index (Phi) is 4.10. The summed E-state index contributed by atoms with van der Waals surface area (Å²) in [6, 6.07) is -0.347. The number of amides is 2. The molecule has 2 N–H and O–H groups in total. The Hall–Kier alpha value is -1.96. The molecular formula is C11H15N5O2S. The quantitative estimate of drug-likeness (QED) is 0.896. The Morgan fingerprint density at radius 2 is 2.32 bits per heavy atom. The van der Waals surface area contributed by atoms with Gasteiger partial charge in [0.25, 0.3) is 0 Å². The SMILES string of the molecule is Cc1noc(CNC(=O)Nc2ncc(C(C)C)s2)n1. The third-order valence-corrected chi connectivity index (χ3v) is 3.50. The molecule has 2 rings (SSSR count). The molecule has 0 fully saturated rings. The van der Waals surface area contributed by atoms with Crippen LogP contribution >= 0.6 is 11.3 Å². The molecule has 0 atom stereocenters. The van der Waals surface area contributed by atoms with Crippen molar-refractivity contribution in [2.75, 3.05) is 5.32 Å². The van der Waals surface area contributed by atoms with Crippen molar-refractivity contribution in [3.63, 3.8) is 0 Å². The van der Waals surface area contributed by atoms with Crippen LogP contribution in [0.15, 0.2) is 10.7 Å².